The summed E-state index contributed by atoms with van der Waals surface area (Å²) in [6, 6.07) is 1.38. The van der Waals surface area contributed by atoms with Gasteiger partial charge >= 0.3 is 5.97 Å². The standard InChI is InChI=1S/C16H17F2NO3/c1-22-16(21)14(12-9-11(17)7-8-13(12)18)19-15(20)10-5-3-2-4-6-10/h2-3,7-10,14H,4-6H2,1H3,(H,19,20)/t10-,14-/m1/s1. The summed E-state index contributed by atoms with van der Waals surface area (Å²) in [5.41, 5.74) is -0.244. The number of amides is 1. The lowest BCUT2D eigenvalue weighted by molar-refractivity contribution is -0.146. The molecule has 0 fully saturated rings. The van der Waals surface area contributed by atoms with Crippen LogP contribution in [0.25, 0.3) is 0 Å². The molecular formula is C16H17F2NO3. The van der Waals surface area contributed by atoms with E-state index >= 15 is 0 Å². The van der Waals surface area contributed by atoms with Gasteiger partial charge in [-0.2, -0.15) is 0 Å². The summed E-state index contributed by atoms with van der Waals surface area (Å²) < 4.78 is 31.8. The van der Waals surface area contributed by atoms with Crippen LogP contribution in [0.3, 0.4) is 0 Å². The highest BCUT2D eigenvalue weighted by molar-refractivity contribution is 5.86. The summed E-state index contributed by atoms with van der Waals surface area (Å²) in [7, 11) is 1.13. The lowest BCUT2D eigenvalue weighted by Gasteiger charge is -2.22. The van der Waals surface area contributed by atoms with E-state index in [1.54, 1.807) is 0 Å². The Morgan fingerprint density at radius 2 is 2.09 bits per heavy atom. The molecule has 0 saturated heterocycles. The SMILES string of the molecule is COC(=O)[C@H](NC(=O)[C@@H]1CC=CCC1)c1cc(F)ccc1F. The molecule has 1 aromatic rings. The molecular weight excluding hydrogens is 292 g/mol. The van der Waals surface area contributed by atoms with Crippen LogP contribution in [-0.4, -0.2) is 19.0 Å². The summed E-state index contributed by atoms with van der Waals surface area (Å²) >= 11 is 0. The number of benzene rings is 1. The minimum Gasteiger partial charge on any atom is -0.467 e. The monoisotopic (exact) mass is 309 g/mol. The molecule has 0 radical (unpaired) electrons. The fourth-order valence-electron chi connectivity index (χ4n) is 2.41. The van der Waals surface area contributed by atoms with Crippen LogP contribution < -0.4 is 5.32 Å². The summed E-state index contributed by atoms with van der Waals surface area (Å²) in [6.45, 7) is 0. The van der Waals surface area contributed by atoms with Crippen molar-refractivity contribution in [2.45, 2.75) is 25.3 Å². The Morgan fingerprint density at radius 1 is 1.32 bits per heavy atom. The fourth-order valence-corrected chi connectivity index (χ4v) is 2.41. The molecule has 4 nitrogen and oxygen atoms in total. The summed E-state index contributed by atoms with van der Waals surface area (Å²) in [6.07, 6.45) is 5.86. The van der Waals surface area contributed by atoms with Gasteiger partial charge in [-0.3, -0.25) is 4.79 Å². The first-order valence-corrected chi connectivity index (χ1v) is 7.01. The van der Waals surface area contributed by atoms with Gasteiger partial charge in [0.25, 0.3) is 0 Å². The van der Waals surface area contributed by atoms with Crippen molar-refractivity contribution in [1.29, 1.82) is 0 Å². The largest absolute Gasteiger partial charge is 0.467 e. The molecule has 1 N–H and O–H groups in total. The Balaban J connectivity index is 2.23. The van der Waals surface area contributed by atoms with E-state index in [2.05, 4.69) is 10.1 Å². The van der Waals surface area contributed by atoms with E-state index in [9.17, 15) is 18.4 Å². The average molecular weight is 309 g/mol. The number of carbonyl (C=O) groups is 2. The van der Waals surface area contributed by atoms with Crippen molar-refractivity contribution < 1.29 is 23.1 Å². The fraction of sp³-hybridized carbons (Fsp3) is 0.375. The first-order chi connectivity index (χ1) is 10.5. The van der Waals surface area contributed by atoms with Gasteiger partial charge in [-0.25, -0.2) is 13.6 Å². The third-order valence-corrected chi connectivity index (χ3v) is 3.63. The lowest BCUT2D eigenvalue weighted by Crippen LogP contribution is -2.39. The van der Waals surface area contributed by atoms with Crippen LogP contribution >= 0.6 is 0 Å². The van der Waals surface area contributed by atoms with Crippen molar-refractivity contribution in [3.63, 3.8) is 0 Å². The van der Waals surface area contributed by atoms with E-state index in [-0.39, 0.29) is 17.4 Å². The van der Waals surface area contributed by atoms with Crippen LogP contribution in [0.4, 0.5) is 8.78 Å². The first-order valence-electron chi connectivity index (χ1n) is 7.01. The van der Waals surface area contributed by atoms with Gasteiger partial charge in [0.1, 0.15) is 11.6 Å². The van der Waals surface area contributed by atoms with Gasteiger partial charge in [-0.1, -0.05) is 12.2 Å². The molecule has 1 amide bonds. The van der Waals surface area contributed by atoms with Crippen molar-refractivity contribution >= 4 is 11.9 Å². The van der Waals surface area contributed by atoms with Gasteiger partial charge in [0.2, 0.25) is 5.91 Å². The third-order valence-electron chi connectivity index (χ3n) is 3.63. The summed E-state index contributed by atoms with van der Waals surface area (Å²) in [4.78, 5) is 24.1. The number of ether oxygens (including phenoxy) is 1. The predicted molar refractivity (Wildman–Crippen MR) is 75.7 cm³/mol. The molecule has 2 rings (SSSR count). The molecule has 0 spiro atoms. The number of esters is 1. The van der Waals surface area contributed by atoms with Crippen LogP contribution in [-0.2, 0) is 14.3 Å². The molecule has 0 unspecified atom stereocenters. The second kappa shape index (κ2) is 7.15. The predicted octanol–water partition coefficient (Wildman–Crippen LogP) is 2.65. The molecule has 0 bridgehead atoms. The number of methoxy groups -OCH3 is 1. The zero-order valence-electron chi connectivity index (χ0n) is 12.1. The van der Waals surface area contributed by atoms with Crippen LogP contribution in [0, 0.1) is 17.6 Å². The highest BCUT2D eigenvalue weighted by atomic mass is 19.1. The Labute approximate surface area is 127 Å². The normalized spacial score (nSPS) is 18.6. The first kappa shape index (κ1) is 16.1. The second-order valence-electron chi connectivity index (χ2n) is 5.11. The lowest BCUT2D eigenvalue weighted by atomic mass is 9.93. The third kappa shape index (κ3) is 3.69. The second-order valence-corrected chi connectivity index (χ2v) is 5.11. The number of allylic oxidation sites excluding steroid dienone is 2. The van der Waals surface area contributed by atoms with E-state index in [0.29, 0.717) is 12.8 Å². The molecule has 22 heavy (non-hydrogen) atoms. The van der Waals surface area contributed by atoms with Crippen LogP contribution in [0.2, 0.25) is 0 Å². The Hall–Kier alpha value is -2.24. The Kier molecular flexibility index (Phi) is 5.25. The number of hydrogen-bond donors (Lipinski definition) is 1. The number of halogens is 2. The molecule has 1 aliphatic rings. The molecule has 0 aliphatic heterocycles. The zero-order valence-corrected chi connectivity index (χ0v) is 12.1. The van der Waals surface area contributed by atoms with Gasteiger partial charge < -0.3 is 10.1 Å². The maximum absolute atomic E-state index is 13.9. The minimum atomic E-state index is -1.36. The number of nitrogens with one attached hydrogen (secondary N) is 1. The molecule has 2 atom stereocenters. The highest BCUT2D eigenvalue weighted by Gasteiger charge is 2.29. The molecule has 1 aliphatic carbocycles. The number of hydrogen-bond acceptors (Lipinski definition) is 3. The number of carbonyl (C=O) groups excluding carboxylic acids is 2. The van der Waals surface area contributed by atoms with Gasteiger partial charge in [0, 0.05) is 11.5 Å². The van der Waals surface area contributed by atoms with Crippen LogP contribution in [0.15, 0.2) is 30.4 Å². The van der Waals surface area contributed by atoms with Gasteiger partial charge in [-0.15, -0.1) is 0 Å². The van der Waals surface area contributed by atoms with E-state index in [4.69, 9.17) is 0 Å². The smallest absolute Gasteiger partial charge is 0.333 e. The topological polar surface area (TPSA) is 55.4 Å². The maximum atomic E-state index is 13.9. The van der Waals surface area contributed by atoms with Gasteiger partial charge in [0.05, 0.1) is 7.11 Å². The molecule has 0 aromatic heterocycles. The van der Waals surface area contributed by atoms with E-state index in [1.165, 1.54) is 0 Å². The van der Waals surface area contributed by atoms with Crippen molar-refractivity contribution in [1.82, 2.24) is 5.32 Å². The van der Waals surface area contributed by atoms with E-state index < -0.39 is 23.6 Å². The summed E-state index contributed by atoms with van der Waals surface area (Å²) in [5, 5.41) is 2.47. The van der Waals surface area contributed by atoms with E-state index in [0.717, 1.165) is 31.7 Å². The van der Waals surface area contributed by atoms with Gasteiger partial charge in [0.15, 0.2) is 6.04 Å². The molecule has 0 heterocycles. The Morgan fingerprint density at radius 3 is 2.73 bits per heavy atom. The van der Waals surface area contributed by atoms with Crippen molar-refractivity contribution in [2.75, 3.05) is 7.11 Å². The quantitative estimate of drug-likeness (QED) is 0.687. The van der Waals surface area contributed by atoms with Crippen molar-refractivity contribution in [2.24, 2.45) is 5.92 Å². The van der Waals surface area contributed by atoms with Crippen LogP contribution in [0.1, 0.15) is 30.9 Å². The number of rotatable bonds is 4. The summed E-state index contributed by atoms with van der Waals surface area (Å²) in [5.74, 6) is -2.97. The molecule has 6 heteroatoms. The minimum absolute atomic E-state index is 0.244. The Bertz CT molecular complexity index is 601. The average Bonchev–Trinajstić information content (AvgIpc) is 2.55. The van der Waals surface area contributed by atoms with E-state index in [1.807, 2.05) is 12.2 Å². The van der Waals surface area contributed by atoms with Crippen LogP contribution in [0.5, 0.6) is 0 Å². The maximum Gasteiger partial charge on any atom is 0.333 e. The molecule has 0 saturated carbocycles. The van der Waals surface area contributed by atoms with Crippen molar-refractivity contribution in [3.05, 3.63) is 47.5 Å². The highest BCUT2D eigenvalue weighted by Crippen LogP contribution is 2.23. The molecule has 118 valence electrons. The zero-order chi connectivity index (χ0) is 16.1. The van der Waals surface area contributed by atoms with Crippen molar-refractivity contribution in [3.8, 4) is 0 Å². The van der Waals surface area contributed by atoms with Gasteiger partial charge in [-0.05, 0) is 37.5 Å². The molecule has 1 aromatic carbocycles.